The average Bonchev–Trinajstić information content (AvgIpc) is 3.36. The topological polar surface area (TPSA) is 228 Å². The Labute approximate surface area is 251 Å². The second-order valence-electron chi connectivity index (χ2n) is 8.69. The van der Waals surface area contributed by atoms with Crippen LogP contribution in [0.15, 0.2) is 34.7 Å². The van der Waals surface area contributed by atoms with Crippen molar-refractivity contribution < 1.29 is 57.6 Å². The highest BCUT2D eigenvalue weighted by Gasteiger charge is 2.26. The monoisotopic (exact) mass is 632 g/mol. The molecule has 3 rings (SSSR count). The Morgan fingerprint density at radius 2 is 1.24 bits per heavy atom. The van der Waals surface area contributed by atoms with Crippen LogP contribution in [0.25, 0.3) is 21.7 Å². The van der Waals surface area contributed by atoms with E-state index in [1.807, 2.05) is 0 Å². The number of carboxylic acid groups (broad SMARTS) is 2. The van der Waals surface area contributed by atoms with Gasteiger partial charge >= 0.3 is 24.2 Å². The zero-order valence-electron chi connectivity index (χ0n) is 22.2. The first-order valence-corrected chi connectivity index (χ1v) is 12.1. The van der Waals surface area contributed by atoms with Gasteiger partial charge in [-0.2, -0.15) is 0 Å². The van der Waals surface area contributed by atoms with Crippen molar-refractivity contribution in [3.63, 3.8) is 0 Å². The Kier molecular flexibility index (Phi) is 14.0. The van der Waals surface area contributed by atoms with Crippen molar-refractivity contribution in [2.24, 2.45) is 11.5 Å². The number of carboxylic acids is 2. The van der Waals surface area contributed by atoms with E-state index in [2.05, 4.69) is 0 Å². The summed E-state index contributed by atoms with van der Waals surface area (Å²) in [6, 6.07) is 5.53. The molecule has 2 atom stereocenters. The molecule has 6 N–H and O–H groups in total. The van der Waals surface area contributed by atoms with Gasteiger partial charge in [-0.05, 0) is 31.7 Å². The van der Waals surface area contributed by atoms with Crippen LogP contribution in [0.3, 0.4) is 0 Å². The molecule has 0 spiro atoms. The molecular formula is C26H30Cl2N2O12. The Balaban J connectivity index is 0.00000441. The molecule has 0 radical (unpaired) electrons. The maximum atomic E-state index is 12.5. The van der Waals surface area contributed by atoms with Gasteiger partial charge in [-0.3, -0.25) is 14.4 Å². The Bertz CT molecular complexity index is 1340. The summed E-state index contributed by atoms with van der Waals surface area (Å²) in [4.78, 5) is 58.7. The lowest BCUT2D eigenvalue weighted by Crippen LogP contribution is -2.30. The quantitative estimate of drug-likeness (QED) is 0.0901. The third-order valence-corrected chi connectivity index (χ3v) is 5.71. The van der Waals surface area contributed by atoms with Crippen molar-refractivity contribution in [1.29, 1.82) is 0 Å². The van der Waals surface area contributed by atoms with Crippen molar-refractivity contribution in [2.45, 2.75) is 44.7 Å². The highest BCUT2D eigenvalue weighted by Crippen LogP contribution is 2.44. The van der Waals surface area contributed by atoms with Crippen LogP contribution in [0.4, 0.5) is 9.59 Å². The summed E-state index contributed by atoms with van der Waals surface area (Å²) in [5, 5.41) is 18.4. The molecule has 14 nitrogen and oxygen atoms in total. The first-order valence-electron chi connectivity index (χ1n) is 12.1. The van der Waals surface area contributed by atoms with Gasteiger partial charge in [-0.25, -0.2) is 9.59 Å². The zero-order chi connectivity index (χ0) is 29.4. The Hall–Kier alpha value is -4.11. The molecule has 2 aromatic carbocycles. The number of halogens is 2. The number of hydrogen-bond acceptors (Lipinski definition) is 12. The minimum atomic E-state index is -1.18. The Morgan fingerprint density at radius 1 is 0.786 bits per heavy atom. The van der Waals surface area contributed by atoms with Gasteiger partial charge in [0.1, 0.15) is 12.1 Å². The molecule has 0 bridgehead atoms. The maximum Gasteiger partial charge on any atom is 0.513 e. The number of nitrogens with two attached hydrogens (primary N) is 2. The van der Waals surface area contributed by atoms with Crippen LogP contribution < -0.4 is 20.9 Å². The van der Waals surface area contributed by atoms with Gasteiger partial charge in [0, 0.05) is 17.7 Å². The predicted octanol–water partition coefficient (Wildman–Crippen LogP) is 4.05. The van der Waals surface area contributed by atoms with E-state index in [1.54, 1.807) is 24.3 Å². The first-order chi connectivity index (χ1) is 19.0. The van der Waals surface area contributed by atoms with E-state index in [0.717, 1.165) is 0 Å². The van der Waals surface area contributed by atoms with Crippen LogP contribution in [0.5, 0.6) is 11.5 Å². The molecule has 2 unspecified atom stereocenters. The number of fused-ring (bicyclic) bond motifs is 2. The predicted molar refractivity (Wildman–Crippen MR) is 152 cm³/mol. The molecule has 230 valence electrons. The third kappa shape index (κ3) is 9.21. The highest BCUT2D eigenvalue weighted by atomic mass is 35.5. The summed E-state index contributed by atoms with van der Waals surface area (Å²) < 4.78 is 26.6. The number of furan rings is 1. The molecule has 0 aliphatic heterocycles. The molecule has 0 fully saturated rings. The summed E-state index contributed by atoms with van der Waals surface area (Å²) in [5.74, 6) is -3.04. The van der Waals surface area contributed by atoms with Gasteiger partial charge in [-0.15, -0.1) is 24.8 Å². The van der Waals surface area contributed by atoms with Crippen LogP contribution in [0.1, 0.15) is 43.2 Å². The number of Topliss-reactive ketones (excluding diaryl/α,β-unsaturated/α-hetero) is 1. The van der Waals surface area contributed by atoms with Crippen molar-refractivity contribution in [1.82, 2.24) is 0 Å². The molecule has 0 amide bonds. The molecule has 0 aliphatic rings. The number of benzene rings is 2. The van der Waals surface area contributed by atoms with Crippen LogP contribution in [0, 0.1) is 0 Å². The molecule has 16 heteroatoms. The number of carbonyl (C=O) groups is 5. The van der Waals surface area contributed by atoms with Gasteiger partial charge in [0.15, 0.2) is 28.6 Å². The number of hydrogen-bond donors (Lipinski definition) is 4. The summed E-state index contributed by atoms with van der Waals surface area (Å²) >= 11 is 0. The van der Waals surface area contributed by atoms with Crippen LogP contribution in [-0.2, 0) is 19.1 Å². The molecule has 42 heavy (non-hydrogen) atoms. The number of aliphatic carboxylic acids is 2. The third-order valence-electron chi connectivity index (χ3n) is 5.71. The minimum absolute atomic E-state index is 0. The van der Waals surface area contributed by atoms with Crippen molar-refractivity contribution in [2.75, 3.05) is 13.2 Å². The summed E-state index contributed by atoms with van der Waals surface area (Å²) in [6.45, 7) is 0.933. The second-order valence-corrected chi connectivity index (χ2v) is 8.69. The summed E-state index contributed by atoms with van der Waals surface area (Å²) in [5.41, 5.74) is 10.8. The molecule has 1 heterocycles. The van der Waals surface area contributed by atoms with Crippen molar-refractivity contribution in [3.05, 3.63) is 36.1 Å². The largest absolute Gasteiger partial charge is 0.513 e. The first kappa shape index (κ1) is 35.9. The van der Waals surface area contributed by atoms with E-state index >= 15 is 0 Å². The number of rotatable bonds is 13. The van der Waals surface area contributed by atoms with Gasteiger partial charge in [0.05, 0.1) is 18.6 Å². The van der Waals surface area contributed by atoms with Crippen LogP contribution in [-0.4, -0.2) is 65.5 Å². The molecule has 1 aromatic heterocycles. The van der Waals surface area contributed by atoms with E-state index in [1.165, 1.54) is 13.0 Å². The average molecular weight is 633 g/mol. The van der Waals surface area contributed by atoms with Gasteiger partial charge in [-0.1, -0.05) is 24.3 Å². The van der Waals surface area contributed by atoms with Crippen molar-refractivity contribution in [3.8, 4) is 11.5 Å². The normalized spacial score (nSPS) is 11.9. The minimum Gasteiger partial charge on any atom is -0.480 e. The highest BCUT2D eigenvalue weighted by molar-refractivity contribution is 6.12. The second kappa shape index (κ2) is 16.4. The van der Waals surface area contributed by atoms with Crippen LogP contribution in [0.2, 0.25) is 0 Å². The molecular weight excluding hydrogens is 603 g/mol. The van der Waals surface area contributed by atoms with E-state index in [9.17, 15) is 24.0 Å². The Morgan fingerprint density at radius 3 is 1.69 bits per heavy atom. The lowest BCUT2D eigenvalue weighted by atomic mass is 10.1. The number of ketones is 1. The number of carbonyl (C=O) groups excluding carboxylic acids is 3. The molecule has 3 aromatic rings. The smallest absolute Gasteiger partial charge is 0.480 e. The lowest BCUT2D eigenvalue weighted by Gasteiger charge is -2.14. The fourth-order valence-electron chi connectivity index (χ4n) is 3.65. The SMILES string of the molecule is CC(=O)c1cc2c(OC(=O)OCCCC(N)C(=O)O)c3ccccc3c(OC(=O)OCCCC(N)C(=O)O)c2o1.Cl.Cl. The maximum absolute atomic E-state index is 12.5. The fourth-order valence-corrected chi connectivity index (χ4v) is 3.65. The van der Waals surface area contributed by atoms with Crippen molar-refractivity contribution >= 4 is 76.6 Å². The zero-order valence-corrected chi connectivity index (χ0v) is 23.9. The molecule has 0 aliphatic carbocycles. The van der Waals surface area contributed by atoms with Gasteiger partial charge in [0.2, 0.25) is 0 Å². The van der Waals surface area contributed by atoms with E-state index in [0.29, 0.717) is 5.39 Å². The van der Waals surface area contributed by atoms with Gasteiger partial charge in [0.25, 0.3) is 0 Å². The van der Waals surface area contributed by atoms with Crippen LogP contribution >= 0.6 is 24.8 Å². The summed E-state index contributed by atoms with van der Waals surface area (Å²) in [7, 11) is 0. The van der Waals surface area contributed by atoms with Gasteiger partial charge < -0.3 is 45.0 Å². The van der Waals surface area contributed by atoms with E-state index < -0.39 is 42.1 Å². The lowest BCUT2D eigenvalue weighted by molar-refractivity contribution is -0.139. The standard InChI is InChI=1S/C26H28N2O12.2ClH/c1-13(29)19-12-16-20(39-25(34)36-10-4-8-17(27)23(30)31)14-6-2-3-7-15(14)21(22(16)38-19)40-26(35)37-11-5-9-18(28)24(32)33;;/h2-3,6-7,12,17-18H,4-5,8-11,27-28H2,1H3,(H,30,31)(H,32,33);2*1H. The fraction of sp³-hybridized carbons (Fsp3) is 0.346. The molecule has 0 saturated heterocycles. The van der Waals surface area contributed by atoms with E-state index in [4.69, 9.17) is 45.0 Å². The van der Waals surface area contributed by atoms with E-state index in [-0.39, 0.29) is 97.3 Å². The number of ether oxygens (including phenoxy) is 4. The molecule has 0 saturated carbocycles. The summed E-state index contributed by atoms with van der Waals surface area (Å²) in [6.07, 6.45) is -1.73.